The normalized spacial score (nSPS) is 16.8. The number of rotatable bonds is 4. The summed E-state index contributed by atoms with van der Waals surface area (Å²) in [4.78, 5) is 12.3. The van der Waals surface area contributed by atoms with Crippen molar-refractivity contribution in [1.82, 2.24) is 15.5 Å². The monoisotopic (exact) mass is 328 g/mol. The summed E-state index contributed by atoms with van der Waals surface area (Å²) in [6, 6.07) is 7.75. The van der Waals surface area contributed by atoms with Gasteiger partial charge in [0.25, 0.3) is 5.91 Å². The van der Waals surface area contributed by atoms with Crippen LogP contribution in [0.1, 0.15) is 40.5 Å². The number of nitrogens with zero attached hydrogens (tertiary/aromatic N) is 1. The molecular weight excluding hydrogens is 312 g/mol. The van der Waals surface area contributed by atoms with Gasteiger partial charge in [-0.1, -0.05) is 29.8 Å². The number of hydrogen-bond acceptors (Lipinski definition) is 3. The molecule has 1 aliphatic carbocycles. The first-order valence-electron chi connectivity index (χ1n) is 7.76. The SMILES string of the molecule is O=C(Nc1ccc(C=C2CNC2)cc1)c1n[nH]c(C2CC2)c1Cl. The molecule has 1 amide bonds. The lowest BCUT2D eigenvalue weighted by Crippen LogP contribution is -2.33. The predicted octanol–water partition coefficient (Wildman–Crippen LogP) is 3.18. The van der Waals surface area contributed by atoms with E-state index in [4.69, 9.17) is 11.6 Å². The van der Waals surface area contributed by atoms with E-state index in [2.05, 4.69) is 26.9 Å². The fraction of sp³-hybridized carbons (Fsp3) is 0.294. The van der Waals surface area contributed by atoms with Gasteiger partial charge < -0.3 is 10.6 Å². The Morgan fingerprint density at radius 3 is 2.61 bits per heavy atom. The number of aromatic amines is 1. The third-order valence-electron chi connectivity index (χ3n) is 4.18. The maximum absolute atomic E-state index is 12.3. The van der Waals surface area contributed by atoms with Crippen molar-refractivity contribution in [2.45, 2.75) is 18.8 Å². The van der Waals surface area contributed by atoms with Crippen molar-refractivity contribution in [2.75, 3.05) is 18.4 Å². The van der Waals surface area contributed by atoms with Crippen molar-refractivity contribution in [3.63, 3.8) is 0 Å². The molecule has 1 aliphatic heterocycles. The summed E-state index contributed by atoms with van der Waals surface area (Å²) >= 11 is 6.26. The standard InChI is InChI=1S/C17H17ClN4O/c18-14-15(12-3-4-12)21-22-16(14)17(23)20-13-5-1-10(2-6-13)7-11-8-19-9-11/h1-2,5-7,12,19H,3-4,8-9H2,(H,20,23)(H,21,22). The first-order valence-corrected chi connectivity index (χ1v) is 8.14. The van der Waals surface area contributed by atoms with Gasteiger partial charge in [-0.2, -0.15) is 5.10 Å². The van der Waals surface area contributed by atoms with E-state index in [9.17, 15) is 4.79 Å². The lowest BCUT2D eigenvalue weighted by molar-refractivity contribution is 0.102. The van der Waals surface area contributed by atoms with Gasteiger partial charge in [0, 0.05) is 24.7 Å². The minimum absolute atomic E-state index is 0.264. The fourth-order valence-corrected chi connectivity index (χ4v) is 2.92. The molecule has 0 bridgehead atoms. The molecule has 4 rings (SSSR count). The minimum atomic E-state index is -0.285. The number of aromatic nitrogens is 2. The average Bonchev–Trinajstić information content (AvgIpc) is 3.27. The molecule has 5 nitrogen and oxygen atoms in total. The molecule has 23 heavy (non-hydrogen) atoms. The molecule has 6 heteroatoms. The zero-order chi connectivity index (χ0) is 15.8. The minimum Gasteiger partial charge on any atom is -0.321 e. The van der Waals surface area contributed by atoms with E-state index in [0.29, 0.717) is 10.9 Å². The molecule has 2 aliphatic rings. The van der Waals surface area contributed by atoms with Gasteiger partial charge in [-0.25, -0.2) is 0 Å². The number of benzene rings is 1. The van der Waals surface area contributed by atoms with Crippen LogP contribution in [0.25, 0.3) is 6.08 Å². The van der Waals surface area contributed by atoms with E-state index in [-0.39, 0.29) is 11.6 Å². The molecule has 2 heterocycles. The van der Waals surface area contributed by atoms with Crippen LogP contribution in [0.4, 0.5) is 5.69 Å². The number of halogens is 1. The zero-order valence-electron chi connectivity index (χ0n) is 12.5. The Bertz CT molecular complexity index is 768. The van der Waals surface area contributed by atoms with E-state index in [1.807, 2.05) is 24.3 Å². The lowest BCUT2D eigenvalue weighted by Gasteiger charge is -2.18. The Morgan fingerprint density at radius 1 is 1.26 bits per heavy atom. The van der Waals surface area contributed by atoms with Gasteiger partial charge in [0.15, 0.2) is 5.69 Å². The molecule has 1 aromatic heterocycles. The summed E-state index contributed by atoms with van der Waals surface area (Å²) in [7, 11) is 0. The number of nitrogens with one attached hydrogen (secondary N) is 3. The second kappa shape index (κ2) is 5.83. The van der Waals surface area contributed by atoms with Crippen molar-refractivity contribution in [3.8, 4) is 0 Å². The van der Waals surface area contributed by atoms with Crippen molar-refractivity contribution in [2.24, 2.45) is 0 Å². The van der Waals surface area contributed by atoms with E-state index in [0.717, 1.165) is 42.9 Å². The predicted molar refractivity (Wildman–Crippen MR) is 90.8 cm³/mol. The van der Waals surface area contributed by atoms with Gasteiger partial charge in [-0.15, -0.1) is 0 Å². The average molecular weight is 329 g/mol. The van der Waals surface area contributed by atoms with Gasteiger partial charge in [0.1, 0.15) is 0 Å². The van der Waals surface area contributed by atoms with Gasteiger partial charge in [0.2, 0.25) is 0 Å². The van der Waals surface area contributed by atoms with E-state index in [1.165, 1.54) is 5.57 Å². The number of carbonyl (C=O) groups excluding carboxylic acids is 1. The van der Waals surface area contributed by atoms with Gasteiger partial charge in [-0.3, -0.25) is 9.89 Å². The third-order valence-corrected chi connectivity index (χ3v) is 4.56. The molecule has 3 N–H and O–H groups in total. The lowest BCUT2D eigenvalue weighted by atomic mass is 10.1. The Labute approximate surface area is 139 Å². The van der Waals surface area contributed by atoms with Crippen molar-refractivity contribution in [3.05, 3.63) is 51.8 Å². The molecule has 118 valence electrons. The third kappa shape index (κ3) is 3.02. The van der Waals surface area contributed by atoms with Gasteiger partial charge >= 0.3 is 0 Å². The summed E-state index contributed by atoms with van der Waals surface area (Å²) in [5, 5.41) is 13.5. The molecule has 2 fully saturated rings. The molecule has 1 saturated carbocycles. The Kier molecular flexibility index (Phi) is 3.67. The molecule has 2 aromatic rings. The van der Waals surface area contributed by atoms with Crippen LogP contribution >= 0.6 is 11.6 Å². The van der Waals surface area contributed by atoms with Crippen LogP contribution in [0.2, 0.25) is 5.02 Å². The van der Waals surface area contributed by atoms with E-state index >= 15 is 0 Å². The van der Waals surface area contributed by atoms with Crippen LogP contribution < -0.4 is 10.6 Å². The van der Waals surface area contributed by atoms with Crippen LogP contribution in [-0.2, 0) is 0 Å². The Balaban J connectivity index is 1.45. The molecule has 1 saturated heterocycles. The van der Waals surface area contributed by atoms with E-state index in [1.54, 1.807) is 0 Å². The summed E-state index contributed by atoms with van der Waals surface area (Å²) in [5.41, 5.74) is 4.40. The number of hydrogen-bond donors (Lipinski definition) is 3. The topological polar surface area (TPSA) is 69.8 Å². The highest BCUT2D eigenvalue weighted by Gasteiger charge is 2.30. The largest absolute Gasteiger partial charge is 0.321 e. The van der Waals surface area contributed by atoms with Crippen molar-refractivity contribution < 1.29 is 4.79 Å². The highest BCUT2D eigenvalue weighted by atomic mass is 35.5. The van der Waals surface area contributed by atoms with Crippen LogP contribution in [0, 0.1) is 0 Å². The van der Waals surface area contributed by atoms with Gasteiger partial charge in [0.05, 0.1) is 10.7 Å². The first kappa shape index (κ1) is 14.5. The number of carbonyl (C=O) groups is 1. The number of H-pyrrole nitrogens is 1. The maximum atomic E-state index is 12.3. The summed E-state index contributed by atoms with van der Waals surface area (Å²) in [5.74, 6) is 0.150. The molecule has 1 aromatic carbocycles. The summed E-state index contributed by atoms with van der Waals surface area (Å²) in [6.07, 6.45) is 4.37. The van der Waals surface area contributed by atoms with Crippen LogP contribution in [-0.4, -0.2) is 29.2 Å². The fourth-order valence-electron chi connectivity index (χ4n) is 2.59. The smallest absolute Gasteiger partial charge is 0.277 e. The molecule has 0 atom stereocenters. The quantitative estimate of drug-likeness (QED) is 0.807. The highest BCUT2D eigenvalue weighted by Crippen LogP contribution is 2.42. The number of anilines is 1. The van der Waals surface area contributed by atoms with Crippen LogP contribution in [0.15, 0.2) is 29.8 Å². The van der Waals surface area contributed by atoms with Crippen LogP contribution in [0.5, 0.6) is 0 Å². The highest BCUT2D eigenvalue weighted by molar-refractivity contribution is 6.34. The summed E-state index contributed by atoms with van der Waals surface area (Å²) < 4.78 is 0. The molecule has 0 unspecified atom stereocenters. The molecular formula is C17H17ClN4O. The summed E-state index contributed by atoms with van der Waals surface area (Å²) in [6.45, 7) is 1.92. The molecule has 0 spiro atoms. The molecule has 0 radical (unpaired) electrons. The van der Waals surface area contributed by atoms with Crippen molar-refractivity contribution >= 4 is 29.3 Å². The Morgan fingerprint density at radius 2 is 2.00 bits per heavy atom. The van der Waals surface area contributed by atoms with Crippen molar-refractivity contribution in [1.29, 1.82) is 0 Å². The van der Waals surface area contributed by atoms with Crippen LogP contribution in [0.3, 0.4) is 0 Å². The maximum Gasteiger partial charge on any atom is 0.277 e. The first-order chi connectivity index (χ1) is 11.2. The Hall–Kier alpha value is -2.11. The zero-order valence-corrected chi connectivity index (χ0v) is 13.3. The second-order valence-electron chi connectivity index (χ2n) is 6.06. The number of amides is 1. The van der Waals surface area contributed by atoms with Gasteiger partial charge in [-0.05, 0) is 36.1 Å². The second-order valence-corrected chi connectivity index (χ2v) is 6.43. The van der Waals surface area contributed by atoms with E-state index < -0.39 is 0 Å².